The molecule has 0 bridgehead atoms. The van der Waals surface area contributed by atoms with Gasteiger partial charge in [-0.05, 0) is 87.5 Å². The van der Waals surface area contributed by atoms with Crippen molar-refractivity contribution in [3.63, 3.8) is 0 Å². The summed E-state index contributed by atoms with van der Waals surface area (Å²) in [5.74, 6) is 1.09. The first-order chi connectivity index (χ1) is 14.5. The van der Waals surface area contributed by atoms with Crippen LogP contribution in [0.1, 0.15) is 64.0 Å². The van der Waals surface area contributed by atoms with Crippen LogP contribution < -0.4 is 0 Å². The number of piperidine rings is 1. The number of hydrogen-bond donors (Lipinski definition) is 0. The summed E-state index contributed by atoms with van der Waals surface area (Å²) in [6.45, 7) is 13.2. The van der Waals surface area contributed by atoms with Gasteiger partial charge in [-0.2, -0.15) is 0 Å². The number of fused-ring (bicyclic) bond motifs is 1. The van der Waals surface area contributed by atoms with Crippen molar-refractivity contribution in [3.8, 4) is 0 Å². The van der Waals surface area contributed by atoms with Gasteiger partial charge >= 0.3 is 0 Å². The average Bonchev–Trinajstić information content (AvgIpc) is 2.73. The molecule has 0 radical (unpaired) electrons. The Bertz CT molecular complexity index is 878. The molecule has 3 aliphatic rings. The molecule has 1 spiro atoms. The van der Waals surface area contributed by atoms with Gasteiger partial charge < -0.3 is 9.64 Å². The zero-order chi connectivity index (χ0) is 21.1. The maximum atomic E-state index is 5.93. The minimum Gasteiger partial charge on any atom is -0.495 e. The molecule has 1 saturated heterocycles. The SMILES string of the molecule is C=C(C1=C(C)C/C=C(/OC(C)C)CC=C1)N1CCC2(CCc3ccccc3C2)CC1. The van der Waals surface area contributed by atoms with Crippen molar-refractivity contribution in [2.45, 2.75) is 71.8 Å². The maximum Gasteiger partial charge on any atom is 0.0964 e. The number of likely N-dealkylation sites (tertiary alicyclic amines) is 1. The number of benzene rings is 1. The van der Waals surface area contributed by atoms with Crippen molar-refractivity contribution in [2.24, 2.45) is 5.41 Å². The topological polar surface area (TPSA) is 12.5 Å². The first-order valence-electron chi connectivity index (χ1n) is 11.7. The Morgan fingerprint density at radius 3 is 2.53 bits per heavy atom. The summed E-state index contributed by atoms with van der Waals surface area (Å²) in [5.41, 5.74) is 7.56. The van der Waals surface area contributed by atoms with Gasteiger partial charge in [0, 0.05) is 25.2 Å². The molecule has 1 aromatic rings. The smallest absolute Gasteiger partial charge is 0.0964 e. The van der Waals surface area contributed by atoms with Crippen LogP contribution in [0.4, 0.5) is 0 Å². The monoisotopic (exact) mass is 403 g/mol. The van der Waals surface area contributed by atoms with Gasteiger partial charge in [0.05, 0.1) is 11.9 Å². The molecule has 0 aromatic heterocycles. The molecule has 4 rings (SSSR count). The van der Waals surface area contributed by atoms with Crippen LogP contribution in [-0.4, -0.2) is 24.1 Å². The highest BCUT2D eigenvalue weighted by atomic mass is 16.5. The van der Waals surface area contributed by atoms with Crippen LogP contribution in [0.2, 0.25) is 0 Å². The Hall–Kier alpha value is -2.22. The zero-order valence-corrected chi connectivity index (χ0v) is 19.0. The number of hydrogen-bond acceptors (Lipinski definition) is 2. The van der Waals surface area contributed by atoms with Crippen LogP contribution in [0.15, 0.2) is 71.7 Å². The average molecular weight is 404 g/mol. The van der Waals surface area contributed by atoms with E-state index in [-0.39, 0.29) is 6.10 Å². The van der Waals surface area contributed by atoms with E-state index in [1.54, 1.807) is 11.1 Å². The van der Waals surface area contributed by atoms with Crippen LogP contribution in [-0.2, 0) is 17.6 Å². The predicted molar refractivity (Wildman–Crippen MR) is 126 cm³/mol. The van der Waals surface area contributed by atoms with Crippen LogP contribution in [0.3, 0.4) is 0 Å². The van der Waals surface area contributed by atoms with Gasteiger partial charge in [-0.25, -0.2) is 0 Å². The summed E-state index contributed by atoms with van der Waals surface area (Å²) >= 11 is 0. The van der Waals surface area contributed by atoms with E-state index in [2.05, 4.69) is 74.7 Å². The highest BCUT2D eigenvalue weighted by Crippen LogP contribution is 2.44. The summed E-state index contributed by atoms with van der Waals surface area (Å²) in [7, 11) is 0. The fraction of sp³-hybridized carbons (Fsp3) is 0.500. The number of allylic oxidation sites excluding steroid dienone is 4. The van der Waals surface area contributed by atoms with E-state index in [0.717, 1.165) is 31.7 Å². The molecule has 0 amide bonds. The lowest BCUT2D eigenvalue weighted by atomic mass is 9.66. The normalized spacial score (nSPS) is 22.9. The Morgan fingerprint density at radius 1 is 1.07 bits per heavy atom. The Balaban J connectivity index is 1.41. The summed E-state index contributed by atoms with van der Waals surface area (Å²) in [6, 6.07) is 9.06. The van der Waals surface area contributed by atoms with E-state index in [4.69, 9.17) is 4.74 Å². The summed E-state index contributed by atoms with van der Waals surface area (Å²) in [6.07, 6.45) is 15.2. The van der Waals surface area contributed by atoms with E-state index < -0.39 is 0 Å². The van der Waals surface area contributed by atoms with Gasteiger partial charge in [0.1, 0.15) is 0 Å². The zero-order valence-electron chi connectivity index (χ0n) is 19.0. The molecule has 1 heterocycles. The summed E-state index contributed by atoms with van der Waals surface area (Å²) in [4.78, 5) is 2.53. The second-order valence-electron chi connectivity index (χ2n) is 9.72. The molecule has 0 N–H and O–H groups in total. The lowest BCUT2D eigenvalue weighted by Gasteiger charge is -2.46. The van der Waals surface area contributed by atoms with E-state index in [1.165, 1.54) is 48.9 Å². The Morgan fingerprint density at radius 2 is 1.80 bits per heavy atom. The number of rotatable bonds is 4. The van der Waals surface area contributed by atoms with E-state index in [0.29, 0.717) is 5.41 Å². The lowest BCUT2D eigenvalue weighted by Crippen LogP contribution is -2.42. The fourth-order valence-electron chi connectivity index (χ4n) is 5.35. The fourth-order valence-corrected chi connectivity index (χ4v) is 5.35. The number of ether oxygens (including phenoxy) is 1. The Labute approximate surface area is 183 Å². The van der Waals surface area contributed by atoms with Crippen LogP contribution in [0, 0.1) is 5.41 Å². The third kappa shape index (κ3) is 4.58. The van der Waals surface area contributed by atoms with Crippen molar-refractivity contribution in [3.05, 3.63) is 82.8 Å². The molecule has 2 heteroatoms. The molecule has 2 aliphatic carbocycles. The molecule has 0 atom stereocenters. The second kappa shape index (κ2) is 8.88. The lowest BCUT2D eigenvalue weighted by molar-refractivity contribution is 0.112. The third-order valence-electron chi connectivity index (χ3n) is 7.21. The summed E-state index contributed by atoms with van der Waals surface area (Å²) < 4.78 is 5.93. The third-order valence-corrected chi connectivity index (χ3v) is 7.21. The molecule has 1 fully saturated rings. The van der Waals surface area contributed by atoms with Crippen LogP contribution in [0.25, 0.3) is 0 Å². The van der Waals surface area contributed by atoms with Crippen molar-refractivity contribution in [1.29, 1.82) is 0 Å². The van der Waals surface area contributed by atoms with Gasteiger partial charge in [0.2, 0.25) is 0 Å². The molecule has 2 nitrogen and oxygen atoms in total. The van der Waals surface area contributed by atoms with Gasteiger partial charge in [0.25, 0.3) is 0 Å². The first kappa shape index (κ1) is 21.0. The summed E-state index contributed by atoms with van der Waals surface area (Å²) in [5, 5.41) is 0. The number of aryl methyl sites for hydroxylation is 1. The first-order valence-corrected chi connectivity index (χ1v) is 11.7. The van der Waals surface area contributed by atoms with Crippen LogP contribution in [0.5, 0.6) is 0 Å². The van der Waals surface area contributed by atoms with Crippen molar-refractivity contribution in [2.75, 3.05) is 13.1 Å². The standard InChI is InChI=1S/C28H37NO/c1-21(2)30-26-10-7-11-27(22(3)12-13-26)23(4)29-18-16-28(17-19-29)15-14-24-8-5-6-9-25(24)20-28/h5-9,11,13,21H,4,10,12,14-20H2,1-3H3/b11-7?,26-13+,27-22?. The van der Waals surface area contributed by atoms with Gasteiger partial charge in [0.15, 0.2) is 0 Å². The minimum absolute atomic E-state index is 0.232. The quantitative estimate of drug-likeness (QED) is 0.551. The predicted octanol–water partition coefficient (Wildman–Crippen LogP) is 6.75. The maximum absolute atomic E-state index is 5.93. The van der Waals surface area contributed by atoms with Gasteiger partial charge in [-0.15, -0.1) is 0 Å². The molecule has 1 aromatic carbocycles. The van der Waals surface area contributed by atoms with Crippen molar-refractivity contribution >= 4 is 0 Å². The van der Waals surface area contributed by atoms with E-state index in [9.17, 15) is 0 Å². The molecule has 30 heavy (non-hydrogen) atoms. The second-order valence-corrected chi connectivity index (χ2v) is 9.72. The highest BCUT2D eigenvalue weighted by molar-refractivity contribution is 5.43. The van der Waals surface area contributed by atoms with Crippen molar-refractivity contribution in [1.82, 2.24) is 4.90 Å². The molecule has 0 unspecified atom stereocenters. The van der Waals surface area contributed by atoms with E-state index >= 15 is 0 Å². The van der Waals surface area contributed by atoms with E-state index in [1.807, 2.05) is 0 Å². The van der Waals surface area contributed by atoms with Crippen LogP contribution >= 0.6 is 0 Å². The number of nitrogens with zero attached hydrogens (tertiary/aromatic N) is 1. The van der Waals surface area contributed by atoms with Crippen molar-refractivity contribution < 1.29 is 4.74 Å². The molecular weight excluding hydrogens is 366 g/mol. The molecule has 1 aliphatic heterocycles. The minimum atomic E-state index is 0.232. The van der Waals surface area contributed by atoms with Gasteiger partial charge in [-0.1, -0.05) is 48.6 Å². The Kier molecular flexibility index (Phi) is 6.22. The largest absolute Gasteiger partial charge is 0.495 e. The van der Waals surface area contributed by atoms with Gasteiger partial charge in [-0.3, -0.25) is 0 Å². The highest BCUT2D eigenvalue weighted by Gasteiger charge is 2.37. The molecular formula is C28H37NO. The molecule has 0 saturated carbocycles. The molecule has 160 valence electrons.